The highest BCUT2D eigenvalue weighted by Gasteiger charge is 2.31. The van der Waals surface area contributed by atoms with Crippen LogP contribution in [-0.2, 0) is 11.3 Å². The van der Waals surface area contributed by atoms with Crippen LogP contribution < -0.4 is 15.6 Å². The van der Waals surface area contributed by atoms with Gasteiger partial charge in [0.15, 0.2) is 0 Å². The van der Waals surface area contributed by atoms with Crippen molar-refractivity contribution in [1.82, 2.24) is 4.57 Å². The third-order valence-electron chi connectivity index (χ3n) is 6.17. The third-order valence-corrected chi connectivity index (χ3v) is 6.17. The molecule has 5 nitrogen and oxygen atoms in total. The van der Waals surface area contributed by atoms with Crippen molar-refractivity contribution in [1.29, 1.82) is 0 Å². The van der Waals surface area contributed by atoms with Gasteiger partial charge in [0.1, 0.15) is 5.75 Å². The average Bonchev–Trinajstić information content (AvgIpc) is 2.77. The van der Waals surface area contributed by atoms with Crippen molar-refractivity contribution < 1.29 is 22.7 Å². The SMILES string of the molecule is CC1CCC(C(=O)Nc2cccc3c(=O)n(Cc4ccc(OC(F)(F)F)cc4)ccc23)CC1. The van der Waals surface area contributed by atoms with E-state index in [-0.39, 0.29) is 29.7 Å². The fourth-order valence-electron chi connectivity index (χ4n) is 4.30. The lowest BCUT2D eigenvalue weighted by atomic mass is 9.82. The molecule has 1 aromatic heterocycles. The predicted molar refractivity (Wildman–Crippen MR) is 120 cm³/mol. The molecule has 1 fully saturated rings. The van der Waals surface area contributed by atoms with Crippen molar-refractivity contribution in [3.8, 4) is 5.75 Å². The van der Waals surface area contributed by atoms with E-state index in [0.29, 0.717) is 27.9 Å². The van der Waals surface area contributed by atoms with Gasteiger partial charge in [0.2, 0.25) is 5.91 Å². The van der Waals surface area contributed by atoms with Crippen molar-refractivity contribution in [3.05, 3.63) is 70.6 Å². The fraction of sp³-hybridized carbons (Fsp3) is 0.360. The number of carbonyl (C=O) groups is 1. The molecular formula is C25H25F3N2O3. The molecule has 0 saturated heterocycles. The quantitative estimate of drug-likeness (QED) is 0.533. The largest absolute Gasteiger partial charge is 0.573 e. The number of hydrogen-bond donors (Lipinski definition) is 1. The number of alkyl halides is 3. The van der Waals surface area contributed by atoms with E-state index >= 15 is 0 Å². The molecular weight excluding hydrogens is 433 g/mol. The molecule has 1 N–H and O–H groups in total. The number of rotatable bonds is 5. The predicted octanol–water partition coefficient (Wildman–Crippen LogP) is 5.71. The minimum absolute atomic E-state index is 0.0128. The Bertz CT molecular complexity index is 1190. The summed E-state index contributed by atoms with van der Waals surface area (Å²) < 4.78 is 42.3. The standard InChI is InChI=1S/C25H25F3N2O3/c1-16-5-9-18(10-6-16)23(31)29-22-4-2-3-21-20(22)13-14-30(24(21)32)15-17-7-11-19(12-8-17)33-25(26,27)28/h2-4,7-8,11-14,16,18H,5-6,9-10,15H2,1H3,(H,29,31). The van der Waals surface area contributed by atoms with Gasteiger partial charge >= 0.3 is 6.36 Å². The zero-order chi connectivity index (χ0) is 23.6. The van der Waals surface area contributed by atoms with E-state index in [2.05, 4.69) is 17.0 Å². The molecule has 174 valence electrons. The maximum Gasteiger partial charge on any atom is 0.573 e. The van der Waals surface area contributed by atoms with Crippen LogP contribution in [0.4, 0.5) is 18.9 Å². The molecule has 0 atom stereocenters. The van der Waals surface area contributed by atoms with Gasteiger partial charge in [-0.3, -0.25) is 9.59 Å². The molecule has 1 saturated carbocycles. The molecule has 3 aromatic rings. The van der Waals surface area contributed by atoms with Gasteiger partial charge in [-0.15, -0.1) is 13.2 Å². The summed E-state index contributed by atoms with van der Waals surface area (Å²) in [6.07, 6.45) is 0.708. The Morgan fingerprint density at radius 2 is 1.73 bits per heavy atom. The molecule has 1 aliphatic rings. The summed E-state index contributed by atoms with van der Waals surface area (Å²) in [5, 5.41) is 4.12. The molecule has 0 spiro atoms. The van der Waals surface area contributed by atoms with Crippen LogP contribution in [0.3, 0.4) is 0 Å². The lowest BCUT2D eigenvalue weighted by Gasteiger charge is -2.25. The second-order valence-electron chi connectivity index (χ2n) is 8.65. The van der Waals surface area contributed by atoms with Crippen molar-refractivity contribution in [3.63, 3.8) is 0 Å². The van der Waals surface area contributed by atoms with Crippen molar-refractivity contribution in [2.45, 2.75) is 45.5 Å². The number of carbonyl (C=O) groups excluding carboxylic acids is 1. The molecule has 0 unspecified atom stereocenters. The average molecular weight is 458 g/mol. The first kappa shape index (κ1) is 22.9. The van der Waals surface area contributed by atoms with E-state index in [1.165, 1.54) is 28.8 Å². The second-order valence-corrected chi connectivity index (χ2v) is 8.65. The highest BCUT2D eigenvalue weighted by molar-refractivity contribution is 6.02. The van der Waals surface area contributed by atoms with Gasteiger partial charge in [-0.05, 0) is 67.5 Å². The number of fused-ring (bicyclic) bond motifs is 1. The van der Waals surface area contributed by atoms with E-state index in [1.54, 1.807) is 30.5 Å². The van der Waals surface area contributed by atoms with Crippen LogP contribution in [0.25, 0.3) is 10.8 Å². The highest BCUT2D eigenvalue weighted by atomic mass is 19.4. The molecule has 2 aromatic carbocycles. The third kappa shape index (κ3) is 5.56. The van der Waals surface area contributed by atoms with Crippen molar-refractivity contribution >= 4 is 22.4 Å². The highest BCUT2D eigenvalue weighted by Crippen LogP contribution is 2.30. The number of pyridine rings is 1. The molecule has 0 aliphatic heterocycles. The summed E-state index contributed by atoms with van der Waals surface area (Å²) >= 11 is 0. The second kappa shape index (κ2) is 9.29. The molecule has 0 radical (unpaired) electrons. The first-order valence-electron chi connectivity index (χ1n) is 11.0. The summed E-state index contributed by atoms with van der Waals surface area (Å²) in [5.74, 6) is 0.309. The van der Waals surface area contributed by atoms with Crippen LogP contribution in [-0.4, -0.2) is 16.8 Å². The Morgan fingerprint density at radius 3 is 2.39 bits per heavy atom. The minimum Gasteiger partial charge on any atom is -0.406 e. The molecule has 1 heterocycles. The molecule has 1 amide bonds. The van der Waals surface area contributed by atoms with E-state index < -0.39 is 6.36 Å². The topological polar surface area (TPSA) is 60.3 Å². The van der Waals surface area contributed by atoms with E-state index in [9.17, 15) is 22.8 Å². The van der Waals surface area contributed by atoms with Crippen LogP contribution in [0.15, 0.2) is 59.5 Å². The zero-order valence-electron chi connectivity index (χ0n) is 18.2. The smallest absolute Gasteiger partial charge is 0.406 e. The van der Waals surface area contributed by atoms with E-state index in [0.717, 1.165) is 25.7 Å². The fourth-order valence-corrected chi connectivity index (χ4v) is 4.30. The van der Waals surface area contributed by atoms with Gasteiger partial charge in [0, 0.05) is 28.6 Å². The number of benzene rings is 2. The van der Waals surface area contributed by atoms with Gasteiger partial charge in [-0.1, -0.05) is 25.1 Å². The van der Waals surface area contributed by atoms with Crippen LogP contribution in [0, 0.1) is 11.8 Å². The summed E-state index contributed by atoms with van der Waals surface area (Å²) in [6.45, 7) is 2.40. The van der Waals surface area contributed by atoms with Gasteiger partial charge in [0.05, 0.1) is 6.54 Å². The number of amides is 1. The summed E-state index contributed by atoms with van der Waals surface area (Å²) in [7, 11) is 0. The Balaban J connectivity index is 1.52. The lowest BCUT2D eigenvalue weighted by Crippen LogP contribution is -2.27. The maximum absolute atomic E-state index is 13.0. The summed E-state index contributed by atoms with van der Waals surface area (Å²) in [4.78, 5) is 25.8. The minimum atomic E-state index is -4.75. The lowest BCUT2D eigenvalue weighted by molar-refractivity contribution is -0.274. The van der Waals surface area contributed by atoms with Crippen molar-refractivity contribution in [2.24, 2.45) is 11.8 Å². The number of hydrogen-bond acceptors (Lipinski definition) is 3. The molecule has 8 heteroatoms. The van der Waals surface area contributed by atoms with Gasteiger partial charge in [-0.25, -0.2) is 0 Å². The monoisotopic (exact) mass is 458 g/mol. The Hall–Kier alpha value is -3.29. The van der Waals surface area contributed by atoms with Crippen LogP contribution in [0.1, 0.15) is 38.2 Å². The number of nitrogens with zero attached hydrogens (tertiary/aromatic N) is 1. The van der Waals surface area contributed by atoms with E-state index in [4.69, 9.17) is 0 Å². The van der Waals surface area contributed by atoms with Gasteiger partial charge in [0.25, 0.3) is 5.56 Å². The van der Waals surface area contributed by atoms with Crippen LogP contribution in [0.2, 0.25) is 0 Å². The normalized spacial score (nSPS) is 18.8. The van der Waals surface area contributed by atoms with E-state index in [1.807, 2.05) is 0 Å². The number of ether oxygens (including phenoxy) is 1. The number of anilines is 1. The number of halogens is 3. The van der Waals surface area contributed by atoms with Crippen LogP contribution in [0.5, 0.6) is 5.75 Å². The molecule has 33 heavy (non-hydrogen) atoms. The molecule has 4 rings (SSSR count). The zero-order valence-corrected chi connectivity index (χ0v) is 18.2. The summed E-state index contributed by atoms with van der Waals surface area (Å²) in [6, 6.07) is 12.4. The Kier molecular flexibility index (Phi) is 6.44. The van der Waals surface area contributed by atoms with Crippen molar-refractivity contribution in [2.75, 3.05) is 5.32 Å². The van der Waals surface area contributed by atoms with Crippen LogP contribution >= 0.6 is 0 Å². The first-order valence-corrected chi connectivity index (χ1v) is 11.0. The van der Waals surface area contributed by atoms with Gasteiger partial charge < -0.3 is 14.6 Å². The number of aromatic nitrogens is 1. The Labute approximate surface area is 189 Å². The number of nitrogens with one attached hydrogen (secondary N) is 1. The maximum atomic E-state index is 13.0. The first-order chi connectivity index (χ1) is 15.7. The summed E-state index contributed by atoms with van der Waals surface area (Å²) in [5.41, 5.74) is 1.02. The molecule has 0 bridgehead atoms. The molecule has 1 aliphatic carbocycles. The van der Waals surface area contributed by atoms with Gasteiger partial charge in [-0.2, -0.15) is 0 Å². The Morgan fingerprint density at radius 1 is 1.03 bits per heavy atom.